The standard InChI is InChI=1S/C24H25N3O5/c1-2-31-23-25-11-15(12-26-23)22(29)21(28)13-27-24(30)32-14-20-18-9-5-3-7-16(18)17-8-4-6-10-19(17)20/h3-12,20-22,28-29H,2,13-14H2,1H3,(H,27,30). The summed E-state index contributed by atoms with van der Waals surface area (Å²) in [5.41, 5.74) is 4.84. The maximum Gasteiger partial charge on any atom is 0.407 e. The number of aliphatic hydroxyl groups excluding tert-OH is 2. The van der Waals surface area contributed by atoms with Gasteiger partial charge in [0, 0.05) is 30.4 Å². The van der Waals surface area contributed by atoms with E-state index in [1.165, 1.54) is 12.4 Å². The zero-order chi connectivity index (χ0) is 22.5. The lowest BCUT2D eigenvalue weighted by Crippen LogP contribution is -2.36. The van der Waals surface area contributed by atoms with Crippen LogP contribution < -0.4 is 10.1 Å². The lowest BCUT2D eigenvalue weighted by Gasteiger charge is -2.19. The Labute approximate surface area is 185 Å². The summed E-state index contributed by atoms with van der Waals surface area (Å²) >= 11 is 0. The van der Waals surface area contributed by atoms with Gasteiger partial charge in [0.2, 0.25) is 0 Å². The van der Waals surface area contributed by atoms with E-state index in [1.807, 2.05) is 43.3 Å². The average molecular weight is 435 g/mol. The summed E-state index contributed by atoms with van der Waals surface area (Å²) < 4.78 is 10.6. The molecule has 2 aromatic carbocycles. The second kappa shape index (κ2) is 9.76. The molecule has 2 atom stereocenters. The average Bonchev–Trinajstić information content (AvgIpc) is 3.15. The molecule has 0 radical (unpaired) electrons. The predicted molar refractivity (Wildman–Crippen MR) is 117 cm³/mol. The predicted octanol–water partition coefficient (Wildman–Crippen LogP) is 2.81. The molecule has 1 aliphatic rings. The number of hydrogen-bond donors (Lipinski definition) is 3. The molecule has 0 aliphatic heterocycles. The molecule has 1 heterocycles. The number of aromatic nitrogens is 2. The van der Waals surface area contributed by atoms with E-state index in [0.29, 0.717) is 12.2 Å². The third kappa shape index (κ3) is 4.56. The monoisotopic (exact) mass is 435 g/mol. The Balaban J connectivity index is 1.31. The SMILES string of the molecule is CCOc1ncc(C(O)C(O)CNC(=O)OCC2c3ccccc3-c3ccccc32)cn1. The summed E-state index contributed by atoms with van der Waals surface area (Å²) in [6.07, 6.45) is -0.434. The van der Waals surface area contributed by atoms with Crippen LogP contribution in [0.4, 0.5) is 4.79 Å². The van der Waals surface area contributed by atoms with Gasteiger partial charge in [-0.15, -0.1) is 0 Å². The molecule has 0 spiro atoms. The second-order valence-electron chi connectivity index (χ2n) is 7.45. The van der Waals surface area contributed by atoms with E-state index in [0.717, 1.165) is 22.3 Å². The normalized spacial score (nSPS) is 14.2. The molecule has 8 nitrogen and oxygen atoms in total. The quantitative estimate of drug-likeness (QED) is 0.499. The van der Waals surface area contributed by atoms with Gasteiger partial charge in [0.1, 0.15) is 18.8 Å². The fourth-order valence-corrected chi connectivity index (χ4v) is 3.85. The molecule has 1 aliphatic carbocycles. The largest absolute Gasteiger partial charge is 0.464 e. The number of amides is 1. The minimum Gasteiger partial charge on any atom is -0.464 e. The van der Waals surface area contributed by atoms with Gasteiger partial charge in [-0.05, 0) is 29.2 Å². The first-order valence-electron chi connectivity index (χ1n) is 10.5. The molecule has 1 amide bonds. The fraction of sp³-hybridized carbons (Fsp3) is 0.292. The molecule has 0 bridgehead atoms. The van der Waals surface area contributed by atoms with Gasteiger partial charge in [-0.25, -0.2) is 14.8 Å². The molecule has 1 aromatic heterocycles. The van der Waals surface area contributed by atoms with Gasteiger partial charge in [0.15, 0.2) is 0 Å². The lowest BCUT2D eigenvalue weighted by atomic mass is 9.98. The van der Waals surface area contributed by atoms with E-state index in [-0.39, 0.29) is 25.1 Å². The van der Waals surface area contributed by atoms with Crippen LogP contribution in [0.25, 0.3) is 11.1 Å². The van der Waals surface area contributed by atoms with Crippen molar-refractivity contribution in [1.29, 1.82) is 0 Å². The molecular weight excluding hydrogens is 410 g/mol. The van der Waals surface area contributed by atoms with Gasteiger partial charge in [-0.1, -0.05) is 48.5 Å². The molecule has 0 saturated carbocycles. The molecule has 32 heavy (non-hydrogen) atoms. The van der Waals surface area contributed by atoms with Crippen molar-refractivity contribution >= 4 is 6.09 Å². The number of fused-ring (bicyclic) bond motifs is 3. The lowest BCUT2D eigenvalue weighted by molar-refractivity contribution is 0.0180. The van der Waals surface area contributed by atoms with Crippen LogP contribution in [0.2, 0.25) is 0 Å². The van der Waals surface area contributed by atoms with Crippen LogP contribution in [-0.4, -0.2) is 52.1 Å². The highest BCUT2D eigenvalue weighted by molar-refractivity contribution is 5.79. The highest BCUT2D eigenvalue weighted by atomic mass is 16.5. The number of benzene rings is 2. The van der Waals surface area contributed by atoms with E-state index < -0.39 is 18.3 Å². The molecule has 2 unspecified atom stereocenters. The van der Waals surface area contributed by atoms with E-state index in [2.05, 4.69) is 27.4 Å². The van der Waals surface area contributed by atoms with Gasteiger partial charge in [-0.2, -0.15) is 0 Å². The van der Waals surface area contributed by atoms with Crippen LogP contribution in [-0.2, 0) is 4.74 Å². The molecule has 4 rings (SSSR count). The Morgan fingerprint density at radius 1 is 1.03 bits per heavy atom. The molecule has 3 aromatic rings. The number of rotatable bonds is 8. The van der Waals surface area contributed by atoms with Crippen LogP contribution in [0.1, 0.15) is 35.6 Å². The van der Waals surface area contributed by atoms with E-state index in [1.54, 1.807) is 0 Å². The Kier molecular flexibility index (Phi) is 6.63. The number of carbonyl (C=O) groups is 1. The summed E-state index contributed by atoms with van der Waals surface area (Å²) in [7, 11) is 0. The van der Waals surface area contributed by atoms with E-state index >= 15 is 0 Å². The summed E-state index contributed by atoms with van der Waals surface area (Å²) in [5, 5.41) is 23.0. The first-order chi connectivity index (χ1) is 15.6. The number of aliphatic hydroxyl groups is 2. The first-order valence-corrected chi connectivity index (χ1v) is 10.5. The summed E-state index contributed by atoms with van der Waals surface area (Å²) in [6.45, 7) is 2.22. The smallest absolute Gasteiger partial charge is 0.407 e. The molecule has 166 valence electrons. The highest BCUT2D eigenvalue weighted by Gasteiger charge is 2.29. The van der Waals surface area contributed by atoms with Crippen molar-refractivity contribution in [2.24, 2.45) is 0 Å². The fourth-order valence-electron chi connectivity index (χ4n) is 3.85. The van der Waals surface area contributed by atoms with Crippen LogP contribution in [0.5, 0.6) is 6.01 Å². The van der Waals surface area contributed by atoms with Crippen molar-refractivity contribution < 1.29 is 24.5 Å². The molecule has 0 saturated heterocycles. The molecule has 8 heteroatoms. The number of nitrogens with zero attached hydrogens (tertiary/aromatic N) is 2. The van der Waals surface area contributed by atoms with Crippen LogP contribution in [0.15, 0.2) is 60.9 Å². The highest BCUT2D eigenvalue weighted by Crippen LogP contribution is 2.44. The zero-order valence-corrected chi connectivity index (χ0v) is 17.6. The van der Waals surface area contributed by atoms with Crippen molar-refractivity contribution in [2.45, 2.75) is 25.0 Å². The molecule has 3 N–H and O–H groups in total. The second-order valence-corrected chi connectivity index (χ2v) is 7.45. The van der Waals surface area contributed by atoms with Crippen LogP contribution in [0, 0.1) is 0 Å². The minimum absolute atomic E-state index is 0.0512. The topological polar surface area (TPSA) is 114 Å². The maximum atomic E-state index is 12.2. The van der Waals surface area contributed by atoms with Crippen molar-refractivity contribution in [2.75, 3.05) is 19.8 Å². The van der Waals surface area contributed by atoms with Gasteiger partial charge in [-0.3, -0.25) is 0 Å². The Morgan fingerprint density at radius 2 is 1.62 bits per heavy atom. The van der Waals surface area contributed by atoms with Crippen molar-refractivity contribution in [3.63, 3.8) is 0 Å². The first kappa shape index (κ1) is 21.7. The number of nitrogens with one attached hydrogen (secondary N) is 1. The summed E-state index contributed by atoms with van der Waals surface area (Å²) in [6, 6.07) is 16.3. The third-order valence-corrected chi connectivity index (χ3v) is 5.43. The Morgan fingerprint density at radius 3 is 2.22 bits per heavy atom. The van der Waals surface area contributed by atoms with Gasteiger partial charge in [0.05, 0.1) is 6.61 Å². The van der Waals surface area contributed by atoms with Crippen molar-refractivity contribution in [3.05, 3.63) is 77.6 Å². The minimum atomic E-state index is -1.26. The van der Waals surface area contributed by atoms with Gasteiger partial charge in [0.25, 0.3) is 0 Å². The number of alkyl carbamates (subject to hydrolysis) is 1. The summed E-state index contributed by atoms with van der Waals surface area (Å²) in [4.78, 5) is 20.2. The Hall–Kier alpha value is -3.49. The van der Waals surface area contributed by atoms with Gasteiger partial charge < -0.3 is 25.0 Å². The van der Waals surface area contributed by atoms with Crippen LogP contribution >= 0.6 is 0 Å². The Bertz CT molecular complexity index is 1030. The van der Waals surface area contributed by atoms with Crippen molar-refractivity contribution in [1.82, 2.24) is 15.3 Å². The summed E-state index contributed by atoms with van der Waals surface area (Å²) in [5.74, 6) is -0.0512. The van der Waals surface area contributed by atoms with Gasteiger partial charge >= 0.3 is 12.1 Å². The zero-order valence-electron chi connectivity index (χ0n) is 17.6. The molecule has 0 fully saturated rings. The van der Waals surface area contributed by atoms with Crippen LogP contribution in [0.3, 0.4) is 0 Å². The maximum absolute atomic E-state index is 12.2. The third-order valence-electron chi connectivity index (χ3n) is 5.43. The van der Waals surface area contributed by atoms with E-state index in [9.17, 15) is 15.0 Å². The van der Waals surface area contributed by atoms with Crippen molar-refractivity contribution in [3.8, 4) is 17.1 Å². The molecular formula is C24H25N3O5. The van der Waals surface area contributed by atoms with E-state index in [4.69, 9.17) is 9.47 Å². The number of hydrogen-bond acceptors (Lipinski definition) is 7. The number of ether oxygens (including phenoxy) is 2. The number of carbonyl (C=O) groups excluding carboxylic acids is 1.